The van der Waals surface area contributed by atoms with Crippen LogP contribution in [0.3, 0.4) is 0 Å². The molecule has 21 heavy (non-hydrogen) atoms. The molecule has 0 aliphatic rings. The van der Waals surface area contributed by atoms with Gasteiger partial charge in [0.15, 0.2) is 8.32 Å². The summed E-state index contributed by atoms with van der Waals surface area (Å²) < 4.78 is 6.28. The summed E-state index contributed by atoms with van der Waals surface area (Å²) in [5, 5.41) is 3.48. The van der Waals surface area contributed by atoms with Crippen molar-refractivity contribution in [1.82, 2.24) is 10.3 Å². The zero-order valence-corrected chi connectivity index (χ0v) is 14.0. The quantitative estimate of drug-likeness (QED) is 0.791. The van der Waals surface area contributed by atoms with Crippen LogP contribution >= 0.6 is 0 Å². The second-order valence-electron chi connectivity index (χ2n) is 6.09. The van der Waals surface area contributed by atoms with Gasteiger partial charge in [-0.05, 0) is 37.3 Å². The van der Waals surface area contributed by atoms with E-state index in [0.29, 0.717) is 0 Å². The molecule has 0 saturated heterocycles. The van der Waals surface area contributed by atoms with Crippen molar-refractivity contribution in [2.24, 2.45) is 0 Å². The largest absolute Gasteiger partial charge is 0.408 e. The van der Waals surface area contributed by atoms with Crippen molar-refractivity contribution < 1.29 is 4.43 Å². The Balaban J connectivity index is 1.96. The minimum absolute atomic E-state index is 0.0154. The Kier molecular flexibility index (Phi) is 5.67. The summed E-state index contributed by atoms with van der Waals surface area (Å²) in [6.07, 6.45) is 1.84. The van der Waals surface area contributed by atoms with E-state index in [4.69, 9.17) is 4.43 Å². The fourth-order valence-electron chi connectivity index (χ4n) is 2.14. The molecule has 0 spiro atoms. The second-order valence-corrected chi connectivity index (χ2v) is 10.6. The van der Waals surface area contributed by atoms with E-state index in [1.807, 2.05) is 30.5 Å². The molecule has 0 aliphatic heterocycles. The smallest absolute Gasteiger partial charge is 0.184 e. The van der Waals surface area contributed by atoms with Gasteiger partial charge < -0.3 is 9.74 Å². The van der Waals surface area contributed by atoms with Gasteiger partial charge in [-0.1, -0.05) is 36.4 Å². The minimum Gasteiger partial charge on any atom is -0.408 e. The topological polar surface area (TPSA) is 34.1 Å². The number of hydrogen-bond donors (Lipinski definition) is 1. The number of nitrogens with one attached hydrogen (secondary N) is 1. The molecule has 3 nitrogen and oxygen atoms in total. The lowest BCUT2D eigenvalue weighted by Gasteiger charge is -2.26. The summed E-state index contributed by atoms with van der Waals surface area (Å²) in [7, 11) is -1.61. The molecule has 0 aliphatic carbocycles. The van der Waals surface area contributed by atoms with Gasteiger partial charge in [-0.2, -0.15) is 0 Å². The third-order valence-corrected chi connectivity index (χ3v) is 4.01. The molecule has 0 amide bonds. The van der Waals surface area contributed by atoms with Gasteiger partial charge >= 0.3 is 0 Å². The Morgan fingerprint density at radius 2 is 1.76 bits per heavy atom. The molecule has 4 heteroatoms. The molecule has 2 rings (SSSR count). The van der Waals surface area contributed by atoms with Crippen LogP contribution in [0.25, 0.3) is 0 Å². The lowest BCUT2D eigenvalue weighted by atomic mass is 10.2. The fourth-order valence-corrected chi connectivity index (χ4v) is 3.20. The zero-order chi connectivity index (χ0) is 15.1. The lowest BCUT2D eigenvalue weighted by molar-refractivity contribution is 0.189. The minimum atomic E-state index is -1.61. The molecule has 1 aromatic heterocycles. The van der Waals surface area contributed by atoms with Crippen LogP contribution in [-0.2, 0) is 11.0 Å². The van der Waals surface area contributed by atoms with Crippen LogP contribution in [0, 0.1) is 0 Å². The molecule has 1 heterocycles. The number of hydrogen-bond acceptors (Lipinski definition) is 3. The number of benzene rings is 1. The summed E-state index contributed by atoms with van der Waals surface area (Å²) >= 11 is 0. The van der Waals surface area contributed by atoms with E-state index in [9.17, 15) is 0 Å². The van der Waals surface area contributed by atoms with Gasteiger partial charge in [0.25, 0.3) is 0 Å². The van der Waals surface area contributed by atoms with E-state index < -0.39 is 8.32 Å². The maximum atomic E-state index is 6.28. The molecule has 0 saturated carbocycles. The van der Waals surface area contributed by atoms with E-state index in [1.54, 1.807) is 0 Å². The first-order valence-electron chi connectivity index (χ1n) is 7.38. The monoisotopic (exact) mass is 300 g/mol. The van der Waals surface area contributed by atoms with Gasteiger partial charge in [0, 0.05) is 19.3 Å². The summed E-state index contributed by atoms with van der Waals surface area (Å²) in [4.78, 5) is 4.45. The first kappa shape index (κ1) is 15.9. The first-order valence-corrected chi connectivity index (χ1v) is 10.8. The second kappa shape index (κ2) is 7.50. The van der Waals surface area contributed by atoms with Crippen molar-refractivity contribution in [3.63, 3.8) is 0 Å². The van der Waals surface area contributed by atoms with Crippen molar-refractivity contribution in [3.8, 4) is 0 Å². The highest BCUT2D eigenvalue weighted by Gasteiger charge is 2.22. The molecule has 1 N–H and O–H groups in total. The van der Waals surface area contributed by atoms with Crippen LogP contribution in [0.15, 0.2) is 54.7 Å². The van der Waals surface area contributed by atoms with Gasteiger partial charge in [0.05, 0.1) is 11.8 Å². The third-order valence-electron chi connectivity index (χ3n) is 3.02. The highest BCUT2D eigenvalue weighted by molar-refractivity contribution is 6.69. The van der Waals surface area contributed by atoms with Gasteiger partial charge in [-0.15, -0.1) is 0 Å². The summed E-state index contributed by atoms with van der Waals surface area (Å²) in [6.45, 7) is 8.25. The van der Waals surface area contributed by atoms with Crippen molar-refractivity contribution in [1.29, 1.82) is 0 Å². The van der Waals surface area contributed by atoms with Crippen molar-refractivity contribution in [3.05, 3.63) is 66.0 Å². The van der Waals surface area contributed by atoms with Crippen molar-refractivity contribution in [2.75, 3.05) is 6.54 Å². The highest BCUT2D eigenvalue weighted by Crippen LogP contribution is 2.20. The molecule has 1 atom stereocenters. The van der Waals surface area contributed by atoms with E-state index in [2.05, 4.69) is 54.2 Å². The van der Waals surface area contributed by atoms with Gasteiger partial charge in [-0.25, -0.2) is 0 Å². The fraction of sp³-hybridized carbons (Fsp3) is 0.353. The molecule has 112 valence electrons. The maximum Gasteiger partial charge on any atom is 0.184 e. The average molecular weight is 300 g/mol. The van der Waals surface area contributed by atoms with Crippen molar-refractivity contribution >= 4 is 8.32 Å². The van der Waals surface area contributed by atoms with Crippen LogP contribution in [-0.4, -0.2) is 19.8 Å². The van der Waals surface area contributed by atoms with E-state index in [0.717, 1.165) is 18.8 Å². The summed E-state index contributed by atoms with van der Waals surface area (Å²) in [5.74, 6) is 0. The van der Waals surface area contributed by atoms with Crippen LogP contribution in [0.5, 0.6) is 0 Å². The highest BCUT2D eigenvalue weighted by atomic mass is 28.4. The van der Waals surface area contributed by atoms with E-state index in [1.165, 1.54) is 5.56 Å². The third kappa shape index (κ3) is 5.79. The number of nitrogens with zero attached hydrogens (tertiary/aromatic N) is 1. The predicted octanol–water partition coefficient (Wildman–Crippen LogP) is 3.76. The molecule has 1 unspecified atom stereocenters. The lowest BCUT2D eigenvalue weighted by Crippen LogP contribution is -2.33. The number of rotatable bonds is 7. The van der Waals surface area contributed by atoms with Crippen molar-refractivity contribution in [2.45, 2.75) is 32.3 Å². The molecule has 0 radical (unpaired) electrons. The summed E-state index contributed by atoms with van der Waals surface area (Å²) in [6, 6.07) is 16.4. The van der Waals surface area contributed by atoms with Crippen LogP contribution in [0.2, 0.25) is 19.6 Å². The zero-order valence-electron chi connectivity index (χ0n) is 13.0. The Labute approximate surface area is 128 Å². The molecule has 0 fully saturated rings. The van der Waals surface area contributed by atoms with E-state index >= 15 is 0 Å². The van der Waals surface area contributed by atoms with Gasteiger partial charge in [0.1, 0.15) is 0 Å². The normalized spacial score (nSPS) is 13.1. The number of pyridine rings is 1. The summed E-state index contributed by atoms with van der Waals surface area (Å²) in [5.41, 5.74) is 2.28. The molecular weight excluding hydrogens is 276 g/mol. The van der Waals surface area contributed by atoms with Gasteiger partial charge in [0.2, 0.25) is 0 Å². The Hall–Kier alpha value is -1.49. The van der Waals surface area contributed by atoms with Crippen LogP contribution < -0.4 is 5.32 Å². The maximum absolute atomic E-state index is 6.28. The Bertz CT molecular complexity index is 525. The van der Waals surface area contributed by atoms with E-state index in [-0.39, 0.29) is 6.10 Å². The number of aromatic nitrogens is 1. The first-order chi connectivity index (χ1) is 10.0. The molecule has 2 aromatic rings. The standard InChI is InChI=1S/C17H24N2OSi/c1-21(2,3)20-17(16-11-7-8-12-19-16)14-18-13-15-9-5-4-6-10-15/h4-12,17-18H,13-14H2,1-3H3. The predicted molar refractivity (Wildman–Crippen MR) is 89.6 cm³/mol. The van der Waals surface area contributed by atoms with Crippen LogP contribution in [0.1, 0.15) is 17.4 Å². The average Bonchev–Trinajstić information content (AvgIpc) is 2.47. The molecular formula is C17H24N2OSi. The molecule has 1 aromatic carbocycles. The van der Waals surface area contributed by atoms with Crippen LogP contribution in [0.4, 0.5) is 0 Å². The molecule has 0 bridgehead atoms. The Morgan fingerprint density at radius 1 is 1.05 bits per heavy atom. The SMILES string of the molecule is C[Si](C)(C)OC(CNCc1ccccc1)c1ccccn1. The Morgan fingerprint density at radius 3 is 2.38 bits per heavy atom. The van der Waals surface area contributed by atoms with Gasteiger partial charge in [-0.3, -0.25) is 4.98 Å².